The van der Waals surface area contributed by atoms with Gasteiger partial charge < -0.3 is 0 Å². The summed E-state index contributed by atoms with van der Waals surface area (Å²) in [6.45, 7) is 0.419. The summed E-state index contributed by atoms with van der Waals surface area (Å²) in [4.78, 5) is 0. The average molecular weight is 380 g/mol. The largest absolute Gasteiger partial charge is 0.283 e. The molecule has 0 bridgehead atoms. The zero-order valence-corrected chi connectivity index (χ0v) is 15.3. The summed E-state index contributed by atoms with van der Waals surface area (Å²) in [6.07, 6.45) is 1.45. The van der Waals surface area contributed by atoms with E-state index in [1.807, 2.05) is 6.07 Å². The molecule has 0 aromatic heterocycles. The van der Waals surface area contributed by atoms with Crippen LogP contribution in [0, 0.1) is 0 Å². The van der Waals surface area contributed by atoms with Gasteiger partial charge in [0.05, 0.1) is 22.9 Å². The molecule has 1 saturated heterocycles. The van der Waals surface area contributed by atoms with Gasteiger partial charge in [-0.25, -0.2) is 16.8 Å². The predicted molar refractivity (Wildman–Crippen MR) is 99.5 cm³/mol. The lowest BCUT2D eigenvalue weighted by Gasteiger charge is -2.28. The molecule has 0 amide bonds. The lowest BCUT2D eigenvalue weighted by atomic mass is 10.2. The van der Waals surface area contributed by atoms with Crippen molar-refractivity contribution >= 4 is 31.4 Å². The molecule has 0 radical (unpaired) electrons. The molecule has 1 N–H and O–H groups in total. The highest BCUT2D eigenvalue weighted by Crippen LogP contribution is 2.26. The monoisotopic (exact) mass is 380 g/mol. The molecular weight excluding hydrogens is 360 g/mol. The first-order valence-corrected chi connectivity index (χ1v) is 11.3. The maximum absolute atomic E-state index is 12.3. The van der Waals surface area contributed by atoms with Crippen LogP contribution in [0.2, 0.25) is 0 Å². The Morgan fingerprint density at radius 3 is 2.48 bits per heavy atom. The van der Waals surface area contributed by atoms with Crippen molar-refractivity contribution in [2.75, 3.05) is 21.3 Å². The Kier molecular flexibility index (Phi) is 5.01. The van der Waals surface area contributed by atoms with Gasteiger partial charge in [0.25, 0.3) is 0 Å². The smallest absolute Gasteiger partial charge is 0.236 e. The van der Waals surface area contributed by atoms with E-state index in [9.17, 15) is 16.8 Å². The Bertz CT molecular complexity index is 942. The van der Waals surface area contributed by atoms with E-state index in [4.69, 9.17) is 0 Å². The van der Waals surface area contributed by atoms with E-state index in [0.29, 0.717) is 29.9 Å². The van der Waals surface area contributed by atoms with E-state index in [2.05, 4.69) is 4.72 Å². The summed E-state index contributed by atoms with van der Waals surface area (Å²) < 4.78 is 53.0. The van der Waals surface area contributed by atoms with Gasteiger partial charge in [0, 0.05) is 6.54 Å². The number of nitrogens with zero attached hydrogens (tertiary/aromatic N) is 1. The molecule has 134 valence electrons. The van der Waals surface area contributed by atoms with E-state index in [1.54, 1.807) is 48.5 Å². The van der Waals surface area contributed by atoms with Gasteiger partial charge in [0.1, 0.15) is 0 Å². The summed E-state index contributed by atoms with van der Waals surface area (Å²) in [5, 5.41) is 0. The van der Waals surface area contributed by atoms with Gasteiger partial charge in [-0.05, 0) is 36.6 Å². The first-order chi connectivity index (χ1) is 11.9. The molecule has 25 heavy (non-hydrogen) atoms. The summed E-state index contributed by atoms with van der Waals surface area (Å²) in [5.74, 6) is -0.0168. The number of hydrogen-bond donors (Lipinski definition) is 1. The lowest BCUT2D eigenvalue weighted by Crippen LogP contribution is -2.37. The number of benzene rings is 2. The predicted octanol–water partition coefficient (Wildman–Crippen LogP) is 2.56. The Morgan fingerprint density at radius 1 is 1.00 bits per heavy atom. The molecule has 0 saturated carbocycles. The molecule has 0 aliphatic carbocycles. The van der Waals surface area contributed by atoms with Gasteiger partial charge in [-0.3, -0.25) is 9.03 Å². The van der Waals surface area contributed by atoms with Gasteiger partial charge in [0.15, 0.2) is 0 Å². The summed E-state index contributed by atoms with van der Waals surface area (Å²) in [5.41, 5.74) is 1.53. The van der Waals surface area contributed by atoms with E-state index in [-0.39, 0.29) is 11.5 Å². The molecule has 0 spiro atoms. The molecule has 6 nitrogen and oxygen atoms in total. The van der Waals surface area contributed by atoms with Crippen LogP contribution in [0.4, 0.5) is 11.4 Å². The van der Waals surface area contributed by atoms with Crippen molar-refractivity contribution < 1.29 is 16.8 Å². The van der Waals surface area contributed by atoms with E-state index < -0.39 is 20.0 Å². The number of hydrogen-bond acceptors (Lipinski definition) is 4. The zero-order chi connectivity index (χ0) is 17.9. The molecule has 1 heterocycles. The Balaban J connectivity index is 1.80. The van der Waals surface area contributed by atoms with Crippen LogP contribution in [0.3, 0.4) is 0 Å². The second-order valence-corrected chi connectivity index (χ2v) is 9.73. The quantitative estimate of drug-likeness (QED) is 0.864. The fraction of sp³-hybridized carbons (Fsp3) is 0.294. The van der Waals surface area contributed by atoms with Gasteiger partial charge >= 0.3 is 0 Å². The maximum atomic E-state index is 12.3. The van der Waals surface area contributed by atoms with Crippen molar-refractivity contribution in [2.24, 2.45) is 0 Å². The second-order valence-electron chi connectivity index (χ2n) is 5.99. The van der Waals surface area contributed by atoms with E-state index >= 15 is 0 Å². The van der Waals surface area contributed by atoms with E-state index in [1.165, 1.54) is 4.31 Å². The highest BCUT2D eigenvalue weighted by Gasteiger charge is 2.26. The van der Waals surface area contributed by atoms with Crippen LogP contribution in [-0.4, -0.2) is 29.1 Å². The molecule has 1 aliphatic rings. The lowest BCUT2D eigenvalue weighted by molar-refractivity contribution is 0.574. The van der Waals surface area contributed by atoms with Gasteiger partial charge in [0.2, 0.25) is 20.0 Å². The molecular formula is C17H20N2O4S2. The molecule has 8 heteroatoms. The first-order valence-electron chi connectivity index (χ1n) is 8.01. The Morgan fingerprint density at radius 2 is 1.76 bits per heavy atom. The molecule has 2 aromatic carbocycles. The van der Waals surface area contributed by atoms with Crippen LogP contribution >= 0.6 is 0 Å². The molecule has 1 aliphatic heterocycles. The second kappa shape index (κ2) is 7.05. The number of anilines is 2. The van der Waals surface area contributed by atoms with Crippen LogP contribution in [0.1, 0.15) is 18.4 Å². The highest BCUT2D eigenvalue weighted by atomic mass is 32.2. The number of nitrogens with one attached hydrogen (secondary N) is 1. The third-order valence-corrected chi connectivity index (χ3v) is 7.09. The van der Waals surface area contributed by atoms with Crippen molar-refractivity contribution in [3.63, 3.8) is 0 Å². The molecule has 2 aromatic rings. The minimum atomic E-state index is -3.58. The first kappa shape index (κ1) is 17.8. The summed E-state index contributed by atoms with van der Waals surface area (Å²) >= 11 is 0. The van der Waals surface area contributed by atoms with Crippen LogP contribution in [0.5, 0.6) is 0 Å². The standard InChI is InChI=1S/C17H20N2O4S2/c20-24(21,14-15-7-2-1-3-8-15)18-16-9-6-10-17(13-16)19-11-4-5-12-25(19,22)23/h1-3,6-10,13,18H,4-5,11-12,14H2. The SMILES string of the molecule is O=S(=O)(Cc1ccccc1)Nc1cccc(N2CCCCS2(=O)=O)c1. The fourth-order valence-electron chi connectivity index (χ4n) is 2.81. The van der Waals surface area contributed by atoms with Gasteiger partial charge in [-0.1, -0.05) is 36.4 Å². The Hall–Kier alpha value is -2.06. The minimum absolute atomic E-state index is 0.122. The van der Waals surface area contributed by atoms with Crippen LogP contribution < -0.4 is 9.03 Å². The third kappa shape index (κ3) is 4.52. The van der Waals surface area contributed by atoms with Crippen molar-refractivity contribution in [3.05, 3.63) is 60.2 Å². The Labute approximate surface area is 148 Å². The van der Waals surface area contributed by atoms with Crippen molar-refractivity contribution in [3.8, 4) is 0 Å². The number of sulfonamides is 2. The van der Waals surface area contributed by atoms with Crippen LogP contribution in [-0.2, 0) is 25.8 Å². The zero-order valence-electron chi connectivity index (χ0n) is 13.6. The molecule has 0 atom stereocenters. The maximum Gasteiger partial charge on any atom is 0.236 e. The summed E-state index contributed by atoms with van der Waals surface area (Å²) in [6, 6.07) is 15.4. The van der Waals surface area contributed by atoms with Crippen molar-refractivity contribution in [2.45, 2.75) is 18.6 Å². The molecule has 3 rings (SSSR count). The normalized spacial score (nSPS) is 17.2. The topological polar surface area (TPSA) is 83.6 Å². The minimum Gasteiger partial charge on any atom is -0.283 e. The van der Waals surface area contributed by atoms with Crippen molar-refractivity contribution in [1.82, 2.24) is 0 Å². The average Bonchev–Trinajstić information content (AvgIpc) is 2.54. The third-order valence-electron chi connectivity index (χ3n) is 3.96. The molecule has 1 fully saturated rings. The van der Waals surface area contributed by atoms with Gasteiger partial charge in [-0.15, -0.1) is 0 Å². The fourth-order valence-corrected chi connectivity index (χ4v) is 5.63. The highest BCUT2D eigenvalue weighted by molar-refractivity contribution is 7.92. The van der Waals surface area contributed by atoms with Gasteiger partial charge in [-0.2, -0.15) is 0 Å². The van der Waals surface area contributed by atoms with Crippen LogP contribution in [0.15, 0.2) is 54.6 Å². The number of rotatable bonds is 5. The van der Waals surface area contributed by atoms with Crippen LogP contribution in [0.25, 0.3) is 0 Å². The molecule has 0 unspecified atom stereocenters. The van der Waals surface area contributed by atoms with E-state index in [0.717, 1.165) is 6.42 Å². The summed E-state index contributed by atoms with van der Waals surface area (Å²) in [7, 11) is -6.91. The van der Waals surface area contributed by atoms with Crippen molar-refractivity contribution in [1.29, 1.82) is 0 Å².